The van der Waals surface area contributed by atoms with Gasteiger partial charge in [0.05, 0.1) is 11.9 Å². The summed E-state index contributed by atoms with van der Waals surface area (Å²) >= 11 is 6.23. The topological polar surface area (TPSA) is 86.8 Å². The molecule has 0 fully saturated rings. The summed E-state index contributed by atoms with van der Waals surface area (Å²) in [5.74, 6) is -0.586. The van der Waals surface area contributed by atoms with E-state index in [0.29, 0.717) is 17.3 Å². The van der Waals surface area contributed by atoms with Crippen LogP contribution in [0.1, 0.15) is 30.5 Å². The Morgan fingerprint density at radius 1 is 0.923 bits per heavy atom. The molecule has 0 spiro atoms. The van der Waals surface area contributed by atoms with E-state index in [1.54, 1.807) is 36.4 Å². The van der Waals surface area contributed by atoms with Gasteiger partial charge in [0.1, 0.15) is 12.6 Å². The maximum absolute atomic E-state index is 14.0. The Labute approximate surface area is 236 Å². The Morgan fingerprint density at radius 3 is 2.21 bits per heavy atom. The van der Waals surface area contributed by atoms with Crippen molar-refractivity contribution in [3.05, 3.63) is 101 Å². The van der Waals surface area contributed by atoms with E-state index >= 15 is 0 Å². The highest BCUT2D eigenvalue weighted by Gasteiger charge is 2.33. The van der Waals surface area contributed by atoms with Crippen molar-refractivity contribution in [2.45, 2.75) is 39.8 Å². The number of benzene rings is 3. The third-order valence-corrected chi connectivity index (χ3v) is 7.54. The number of hydrogen-bond acceptors (Lipinski definition) is 4. The average molecular weight is 570 g/mol. The predicted octanol–water partition coefficient (Wildman–Crippen LogP) is 4.83. The molecule has 1 atom stereocenters. The molecule has 3 aromatic carbocycles. The van der Waals surface area contributed by atoms with Crippen molar-refractivity contribution in [2.75, 3.05) is 23.7 Å². The fourth-order valence-corrected chi connectivity index (χ4v) is 5.26. The largest absolute Gasteiger partial charge is 0.354 e. The third-order valence-electron chi connectivity index (χ3n) is 6.17. The Bertz CT molecular complexity index is 1380. The van der Waals surface area contributed by atoms with Crippen molar-refractivity contribution in [1.82, 2.24) is 10.2 Å². The maximum atomic E-state index is 14.0. The first-order chi connectivity index (χ1) is 18.4. The van der Waals surface area contributed by atoms with Crippen molar-refractivity contribution < 1.29 is 18.0 Å². The highest BCUT2D eigenvalue weighted by molar-refractivity contribution is 7.92. The number of carbonyl (C=O) groups is 2. The van der Waals surface area contributed by atoms with Gasteiger partial charge in [-0.25, -0.2) is 8.42 Å². The number of nitrogens with one attached hydrogen (secondary N) is 1. The third kappa shape index (κ3) is 9.11. The minimum absolute atomic E-state index is 0.0808. The standard InChI is InChI=1S/C30H36ClN3O4S/c1-22(2)19-32-30(36)28(18-24-11-6-5-7-12-24)33(20-25-13-9-14-26(31)17-25)29(35)21-34(39(4,37)38)27-15-8-10-23(3)16-27/h5-17,22,28H,18-21H2,1-4H3,(H,32,36). The average Bonchev–Trinajstić information content (AvgIpc) is 2.87. The quantitative estimate of drug-likeness (QED) is 0.338. The molecule has 0 aliphatic heterocycles. The second-order valence-corrected chi connectivity index (χ2v) is 12.4. The summed E-state index contributed by atoms with van der Waals surface area (Å²) in [6.45, 7) is 5.91. The van der Waals surface area contributed by atoms with Crippen molar-refractivity contribution in [2.24, 2.45) is 5.92 Å². The van der Waals surface area contributed by atoms with Crippen molar-refractivity contribution in [1.29, 1.82) is 0 Å². The Kier molecular flexibility index (Phi) is 10.5. The zero-order chi connectivity index (χ0) is 28.6. The molecule has 2 amide bonds. The van der Waals surface area contributed by atoms with Gasteiger partial charge in [0.15, 0.2) is 0 Å². The fourth-order valence-electron chi connectivity index (χ4n) is 4.21. The molecule has 0 radical (unpaired) electrons. The first kappa shape index (κ1) is 30.2. The van der Waals surface area contributed by atoms with Crippen LogP contribution in [0.2, 0.25) is 5.02 Å². The SMILES string of the molecule is Cc1cccc(N(CC(=O)N(Cc2cccc(Cl)c2)C(Cc2ccccc2)C(=O)NCC(C)C)S(C)(=O)=O)c1. The van der Waals surface area contributed by atoms with Gasteiger partial charge < -0.3 is 10.2 Å². The molecule has 0 bridgehead atoms. The van der Waals surface area contributed by atoms with Gasteiger partial charge in [0.2, 0.25) is 21.8 Å². The Hall–Kier alpha value is -3.36. The zero-order valence-corrected chi connectivity index (χ0v) is 24.4. The first-order valence-corrected chi connectivity index (χ1v) is 15.1. The van der Waals surface area contributed by atoms with Gasteiger partial charge in [-0.05, 0) is 53.8 Å². The smallest absolute Gasteiger partial charge is 0.244 e. The van der Waals surface area contributed by atoms with Crippen molar-refractivity contribution >= 4 is 39.1 Å². The van der Waals surface area contributed by atoms with Crippen LogP contribution in [0.3, 0.4) is 0 Å². The minimum atomic E-state index is -3.81. The molecule has 9 heteroatoms. The molecule has 0 aliphatic carbocycles. The number of carbonyl (C=O) groups excluding carboxylic acids is 2. The van der Waals surface area contributed by atoms with E-state index in [9.17, 15) is 18.0 Å². The van der Waals surface area contributed by atoms with E-state index in [0.717, 1.165) is 27.3 Å². The van der Waals surface area contributed by atoms with Crippen LogP contribution in [0.25, 0.3) is 0 Å². The molecule has 3 aromatic rings. The number of amides is 2. The van der Waals surface area contributed by atoms with Crippen LogP contribution < -0.4 is 9.62 Å². The molecule has 3 rings (SSSR count). The number of hydrogen-bond donors (Lipinski definition) is 1. The van der Waals surface area contributed by atoms with E-state index < -0.39 is 28.5 Å². The van der Waals surface area contributed by atoms with Gasteiger partial charge in [-0.15, -0.1) is 0 Å². The van der Waals surface area contributed by atoms with Crippen LogP contribution in [-0.4, -0.2) is 50.5 Å². The van der Waals surface area contributed by atoms with Gasteiger partial charge in [-0.2, -0.15) is 0 Å². The monoisotopic (exact) mass is 569 g/mol. The second-order valence-electron chi connectivity index (χ2n) is 10.1. The lowest BCUT2D eigenvalue weighted by Gasteiger charge is -2.33. The summed E-state index contributed by atoms with van der Waals surface area (Å²) in [4.78, 5) is 29.1. The van der Waals surface area contributed by atoms with Crippen LogP contribution in [0, 0.1) is 12.8 Å². The maximum Gasteiger partial charge on any atom is 0.244 e. The lowest BCUT2D eigenvalue weighted by Crippen LogP contribution is -2.53. The molecule has 0 saturated heterocycles. The molecule has 0 aliphatic rings. The number of nitrogens with zero attached hydrogens (tertiary/aromatic N) is 2. The summed E-state index contributed by atoms with van der Waals surface area (Å²) in [6, 6.07) is 22.6. The molecular formula is C30H36ClN3O4S. The number of sulfonamides is 1. The summed E-state index contributed by atoms with van der Waals surface area (Å²) in [6.07, 6.45) is 1.33. The summed E-state index contributed by atoms with van der Waals surface area (Å²) in [5, 5.41) is 3.47. The van der Waals surface area contributed by atoms with E-state index in [4.69, 9.17) is 11.6 Å². The zero-order valence-electron chi connectivity index (χ0n) is 22.8. The van der Waals surface area contributed by atoms with Crippen LogP contribution >= 0.6 is 11.6 Å². The van der Waals surface area contributed by atoms with E-state index in [2.05, 4.69) is 5.32 Å². The predicted molar refractivity (Wildman–Crippen MR) is 157 cm³/mol. The molecule has 0 saturated carbocycles. The number of rotatable bonds is 12. The number of halogens is 1. The van der Waals surface area contributed by atoms with Crippen LogP contribution in [0.5, 0.6) is 0 Å². The van der Waals surface area contributed by atoms with E-state index in [1.165, 1.54) is 4.90 Å². The molecule has 7 nitrogen and oxygen atoms in total. The van der Waals surface area contributed by atoms with Gasteiger partial charge >= 0.3 is 0 Å². The van der Waals surface area contributed by atoms with E-state index in [-0.39, 0.29) is 24.8 Å². The summed E-state index contributed by atoms with van der Waals surface area (Å²) < 4.78 is 26.8. The summed E-state index contributed by atoms with van der Waals surface area (Å²) in [7, 11) is -3.81. The number of anilines is 1. The van der Waals surface area contributed by atoms with Gasteiger partial charge in [-0.1, -0.05) is 80.0 Å². The molecule has 208 valence electrons. The fraction of sp³-hybridized carbons (Fsp3) is 0.333. The Morgan fingerprint density at radius 2 is 1.59 bits per heavy atom. The van der Waals surface area contributed by atoms with E-state index in [1.807, 2.05) is 63.2 Å². The minimum Gasteiger partial charge on any atom is -0.354 e. The number of aryl methyl sites for hydroxylation is 1. The molecule has 0 aromatic heterocycles. The van der Waals surface area contributed by atoms with Gasteiger partial charge in [0.25, 0.3) is 0 Å². The Balaban J connectivity index is 2.05. The molecule has 39 heavy (non-hydrogen) atoms. The second kappa shape index (κ2) is 13.6. The van der Waals surface area contributed by atoms with Gasteiger partial charge in [0, 0.05) is 24.5 Å². The molecule has 1 unspecified atom stereocenters. The highest BCUT2D eigenvalue weighted by Crippen LogP contribution is 2.22. The molecule has 0 heterocycles. The lowest BCUT2D eigenvalue weighted by molar-refractivity contribution is -0.140. The summed E-state index contributed by atoms with van der Waals surface area (Å²) in [5.41, 5.74) is 2.86. The lowest BCUT2D eigenvalue weighted by atomic mass is 10.0. The molecular weight excluding hydrogens is 534 g/mol. The van der Waals surface area contributed by atoms with Crippen LogP contribution in [-0.2, 0) is 32.6 Å². The first-order valence-electron chi connectivity index (χ1n) is 12.8. The van der Waals surface area contributed by atoms with Crippen LogP contribution in [0.4, 0.5) is 5.69 Å². The molecule has 1 N–H and O–H groups in total. The highest BCUT2D eigenvalue weighted by atomic mass is 35.5. The van der Waals surface area contributed by atoms with Crippen molar-refractivity contribution in [3.63, 3.8) is 0 Å². The normalized spacial score (nSPS) is 12.2. The van der Waals surface area contributed by atoms with Crippen molar-refractivity contribution in [3.8, 4) is 0 Å². The van der Waals surface area contributed by atoms with Gasteiger partial charge in [-0.3, -0.25) is 13.9 Å². The van der Waals surface area contributed by atoms with Crippen LogP contribution in [0.15, 0.2) is 78.9 Å².